The van der Waals surface area contributed by atoms with E-state index in [-0.39, 0.29) is 0 Å². The average molecular weight is 260 g/mol. The summed E-state index contributed by atoms with van der Waals surface area (Å²) in [4.78, 5) is 3.97. The van der Waals surface area contributed by atoms with Crippen molar-refractivity contribution < 1.29 is 0 Å². The quantitative estimate of drug-likeness (QED) is 0.794. The van der Waals surface area contributed by atoms with E-state index < -0.39 is 0 Å². The third-order valence-corrected chi connectivity index (χ3v) is 2.57. The summed E-state index contributed by atoms with van der Waals surface area (Å²) >= 11 is 3.41. The fourth-order valence-electron chi connectivity index (χ4n) is 1.24. The summed E-state index contributed by atoms with van der Waals surface area (Å²) in [5.74, 6) is 0. The molecule has 2 heteroatoms. The SMILES string of the molecule is Brc1ccc(/C=C\c2ccncc2)cc1. The first-order chi connectivity index (χ1) is 7.34. The molecule has 1 heterocycles. The Morgan fingerprint density at radius 3 is 1.93 bits per heavy atom. The highest BCUT2D eigenvalue weighted by Crippen LogP contribution is 2.12. The van der Waals surface area contributed by atoms with Crippen molar-refractivity contribution in [3.8, 4) is 0 Å². The van der Waals surface area contributed by atoms with E-state index in [1.165, 1.54) is 5.56 Å². The van der Waals surface area contributed by atoms with Gasteiger partial charge in [0.2, 0.25) is 0 Å². The number of aromatic nitrogens is 1. The number of nitrogens with zero attached hydrogens (tertiary/aromatic N) is 1. The summed E-state index contributed by atoms with van der Waals surface area (Å²) in [6, 6.07) is 12.2. The van der Waals surface area contributed by atoms with Gasteiger partial charge in [0.1, 0.15) is 0 Å². The number of halogens is 1. The molecule has 0 aliphatic carbocycles. The van der Waals surface area contributed by atoms with Gasteiger partial charge in [-0.3, -0.25) is 4.98 Å². The minimum absolute atomic E-state index is 1.10. The van der Waals surface area contributed by atoms with E-state index in [0.717, 1.165) is 10.0 Å². The van der Waals surface area contributed by atoms with Gasteiger partial charge in [0.15, 0.2) is 0 Å². The summed E-state index contributed by atoms with van der Waals surface area (Å²) in [5, 5.41) is 0. The summed E-state index contributed by atoms with van der Waals surface area (Å²) in [7, 11) is 0. The van der Waals surface area contributed by atoms with Crippen molar-refractivity contribution in [1.82, 2.24) is 4.98 Å². The predicted octanol–water partition coefficient (Wildman–Crippen LogP) is 4.01. The maximum atomic E-state index is 3.97. The molecule has 0 unspecified atom stereocenters. The normalized spacial score (nSPS) is 10.7. The standard InChI is InChI=1S/C13H10BrN/c14-13-5-3-11(4-6-13)1-2-12-7-9-15-10-8-12/h1-10H/b2-1-. The average Bonchev–Trinajstić information content (AvgIpc) is 2.30. The Kier molecular flexibility index (Phi) is 3.30. The third kappa shape index (κ3) is 3.03. The second-order valence-corrected chi connectivity index (χ2v) is 4.08. The molecule has 0 bridgehead atoms. The zero-order valence-electron chi connectivity index (χ0n) is 8.10. The molecular formula is C13H10BrN. The third-order valence-electron chi connectivity index (χ3n) is 2.04. The molecule has 0 atom stereocenters. The molecule has 0 saturated heterocycles. The molecule has 0 aliphatic rings. The van der Waals surface area contributed by atoms with Crippen molar-refractivity contribution in [2.45, 2.75) is 0 Å². The van der Waals surface area contributed by atoms with E-state index in [1.54, 1.807) is 12.4 Å². The molecule has 0 spiro atoms. The van der Waals surface area contributed by atoms with E-state index >= 15 is 0 Å². The van der Waals surface area contributed by atoms with Gasteiger partial charge in [0.05, 0.1) is 0 Å². The number of pyridine rings is 1. The van der Waals surface area contributed by atoms with Crippen LogP contribution in [0.15, 0.2) is 53.3 Å². The van der Waals surface area contributed by atoms with Gasteiger partial charge in [-0.1, -0.05) is 40.2 Å². The number of hydrogen-bond donors (Lipinski definition) is 0. The van der Waals surface area contributed by atoms with Crippen molar-refractivity contribution in [3.05, 3.63) is 64.4 Å². The fourth-order valence-corrected chi connectivity index (χ4v) is 1.51. The summed E-state index contributed by atoms with van der Waals surface area (Å²) in [6.45, 7) is 0. The maximum Gasteiger partial charge on any atom is 0.0273 e. The van der Waals surface area contributed by atoms with Crippen LogP contribution in [0.5, 0.6) is 0 Å². The van der Waals surface area contributed by atoms with E-state index in [2.05, 4.69) is 45.2 Å². The lowest BCUT2D eigenvalue weighted by Gasteiger charge is -1.94. The molecule has 74 valence electrons. The Hall–Kier alpha value is -1.41. The number of benzene rings is 1. The molecule has 0 amide bonds. The highest BCUT2D eigenvalue weighted by atomic mass is 79.9. The van der Waals surface area contributed by atoms with E-state index in [1.807, 2.05) is 24.3 Å². The van der Waals surface area contributed by atoms with Crippen molar-refractivity contribution in [3.63, 3.8) is 0 Å². The van der Waals surface area contributed by atoms with Gasteiger partial charge in [-0.05, 0) is 35.4 Å². The van der Waals surface area contributed by atoms with Crippen molar-refractivity contribution in [2.24, 2.45) is 0 Å². The first-order valence-corrected chi connectivity index (χ1v) is 5.47. The minimum atomic E-state index is 1.10. The molecule has 0 N–H and O–H groups in total. The molecule has 1 aromatic carbocycles. The number of rotatable bonds is 2. The van der Waals surface area contributed by atoms with Crippen LogP contribution < -0.4 is 0 Å². The lowest BCUT2D eigenvalue weighted by atomic mass is 10.2. The molecule has 0 saturated carbocycles. The molecule has 2 rings (SSSR count). The lowest BCUT2D eigenvalue weighted by molar-refractivity contribution is 1.32. The number of hydrogen-bond acceptors (Lipinski definition) is 1. The second-order valence-electron chi connectivity index (χ2n) is 3.17. The molecule has 0 fully saturated rings. The monoisotopic (exact) mass is 259 g/mol. The summed E-state index contributed by atoms with van der Waals surface area (Å²) in [5.41, 5.74) is 2.35. The van der Waals surface area contributed by atoms with E-state index in [0.29, 0.717) is 0 Å². The predicted molar refractivity (Wildman–Crippen MR) is 67.3 cm³/mol. The van der Waals surface area contributed by atoms with Crippen LogP contribution in [0, 0.1) is 0 Å². The van der Waals surface area contributed by atoms with Crippen LogP contribution in [0.4, 0.5) is 0 Å². The molecule has 0 radical (unpaired) electrons. The van der Waals surface area contributed by atoms with Gasteiger partial charge in [0.25, 0.3) is 0 Å². The molecule has 1 aromatic heterocycles. The highest BCUT2D eigenvalue weighted by molar-refractivity contribution is 9.10. The van der Waals surface area contributed by atoms with Crippen LogP contribution in [-0.4, -0.2) is 4.98 Å². The van der Waals surface area contributed by atoms with Crippen LogP contribution in [0.2, 0.25) is 0 Å². The smallest absolute Gasteiger partial charge is 0.0273 e. The summed E-state index contributed by atoms with van der Waals surface area (Å²) < 4.78 is 1.10. The highest BCUT2D eigenvalue weighted by Gasteiger charge is 1.88. The maximum absolute atomic E-state index is 3.97. The summed E-state index contributed by atoms with van der Waals surface area (Å²) in [6.07, 6.45) is 7.75. The fraction of sp³-hybridized carbons (Fsp3) is 0. The van der Waals surface area contributed by atoms with Gasteiger partial charge in [0, 0.05) is 16.9 Å². The molecule has 15 heavy (non-hydrogen) atoms. The van der Waals surface area contributed by atoms with Crippen LogP contribution in [0.1, 0.15) is 11.1 Å². The topological polar surface area (TPSA) is 12.9 Å². The second kappa shape index (κ2) is 4.89. The Morgan fingerprint density at radius 2 is 1.33 bits per heavy atom. The van der Waals surface area contributed by atoms with Crippen LogP contribution >= 0.6 is 15.9 Å². The molecule has 1 nitrogen and oxygen atoms in total. The molecule has 2 aromatic rings. The molecular weight excluding hydrogens is 250 g/mol. The van der Waals surface area contributed by atoms with Crippen LogP contribution in [0.25, 0.3) is 12.2 Å². The Labute approximate surface area is 97.6 Å². The largest absolute Gasteiger partial charge is 0.265 e. The van der Waals surface area contributed by atoms with Crippen molar-refractivity contribution >= 4 is 28.1 Å². The Morgan fingerprint density at radius 1 is 0.800 bits per heavy atom. The van der Waals surface area contributed by atoms with Crippen molar-refractivity contribution in [2.75, 3.05) is 0 Å². The van der Waals surface area contributed by atoms with Gasteiger partial charge < -0.3 is 0 Å². The van der Waals surface area contributed by atoms with Crippen molar-refractivity contribution in [1.29, 1.82) is 0 Å². The van der Waals surface area contributed by atoms with Crippen LogP contribution in [0.3, 0.4) is 0 Å². The minimum Gasteiger partial charge on any atom is -0.265 e. The van der Waals surface area contributed by atoms with Gasteiger partial charge in [-0.2, -0.15) is 0 Å². The first kappa shape index (κ1) is 10.1. The van der Waals surface area contributed by atoms with E-state index in [4.69, 9.17) is 0 Å². The Balaban J connectivity index is 2.15. The lowest BCUT2D eigenvalue weighted by Crippen LogP contribution is -1.73. The first-order valence-electron chi connectivity index (χ1n) is 4.68. The van der Waals surface area contributed by atoms with E-state index in [9.17, 15) is 0 Å². The zero-order chi connectivity index (χ0) is 10.5. The van der Waals surface area contributed by atoms with Crippen LogP contribution in [-0.2, 0) is 0 Å². The zero-order valence-corrected chi connectivity index (χ0v) is 9.68. The van der Waals surface area contributed by atoms with Gasteiger partial charge >= 0.3 is 0 Å². The molecule has 0 aliphatic heterocycles. The van der Waals surface area contributed by atoms with Gasteiger partial charge in [-0.15, -0.1) is 0 Å². The van der Waals surface area contributed by atoms with Gasteiger partial charge in [-0.25, -0.2) is 0 Å². The Bertz CT molecular complexity index is 446.